The molecule has 174 valence electrons. The Bertz CT molecular complexity index is 1170. The van der Waals surface area contributed by atoms with Gasteiger partial charge < -0.3 is 9.84 Å². The van der Waals surface area contributed by atoms with Gasteiger partial charge in [-0.2, -0.15) is 0 Å². The van der Waals surface area contributed by atoms with Crippen LogP contribution < -0.4 is 4.74 Å². The Morgan fingerprint density at radius 1 is 0.882 bits per heavy atom. The third-order valence-electron chi connectivity index (χ3n) is 6.52. The van der Waals surface area contributed by atoms with Gasteiger partial charge in [0.2, 0.25) is 0 Å². The van der Waals surface area contributed by atoms with Gasteiger partial charge in [-0.1, -0.05) is 72.8 Å². The van der Waals surface area contributed by atoms with Crippen LogP contribution in [0.4, 0.5) is 0 Å². The van der Waals surface area contributed by atoms with E-state index >= 15 is 0 Å². The van der Waals surface area contributed by atoms with Crippen molar-refractivity contribution in [2.24, 2.45) is 11.8 Å². The van der Waals surface area contributed by atoms with Crippen molar-refractivity contribution in [3.8, 4) is 5.75 Å². The highest BCUT2D eigenvalue weighted by Crippen LogP contribution is 2.48. The molecular formula is C29H28O5. The molecule has 3 aromatic carbocycles. The van der Waals surface area contributed by atoms with Crippen LogP contribution in [0.15, 0.2) is 84.9 Å². The minimum Gasteiger partial charge on any atom is -0.494 e. The maximum absolute atomic E-state index is 13.8. The monoisotopic (exact) mass is 456 g/mol. The predicted molar refractivity (Wildman–Crippen MR) is 129 cm³/mol. The van der Waals surface area contributed by atoms with Gasteiger partial charge >= 0.3 is 0 Å². The van der Waals surface area contributed by atoms with E-state index in [1.165, 1.54) is 6.92 Å². The average molecular weight is 457 g/mol. The van der Waals surface area contributed by atoms with Crippen LogP contribution in [0.1, 0.15) is 52.5 Å². The van der Waals surface area contributed by atoms with Crippen molar-refractivity contribution in [1.29, 1.82) is 0 Å². The van der Waals surface area contributed by atoms with Crippen LogP contribution in [-0.4, -0.2) is 34.7 Å². The maximum atomic E-state index is 13.8. The smallest absolute Gasteiger partial charge is 0.173 e. The molecule has 0 aliphatic heterocycles. The van der Waals surface area contributed by atoms with Crippen molar-refractivity contribution in [3.05, 3.63) is 102 Å². The number of hydrogen-bond acceptors (Lipinski definition) is 5. The van der Waals surface area contributed by atoms with E-state index in [1.807, 2.05) is 13.0 Å². The third kappa shape index (κ3) is 4.57. The van der Waals surface area contributed by atoms with Crippen molar-refractivity contribution in [2.75, 3.05) is 6.61 Å². The second-order valence-corrected chi connectivity index (χ2v) is 8.94. The normalized spacial score (nSPS) is 24.4. The van der Waals surface area contributed by atoms with Crippen molar-refractivity contribution in [2.45, 2.75) is 31.8 Å². The number of hydrogen-bond donors (Lipinski definition) is 1. The zero-order chi connectivity index (χ0) is 24.3. The highest BCUT2D eigenvalue weighted by molar-refractivity contribution is 6.13. The third-order valence-corrected chi connectivity index (χ3v) is 6.52. The van der Waals surface area contributed by atoms with Gasteiger partial charge in [0.05, 0.1) is 24.0 Å². The summed E-state index contributed by atoms with van der Waals surface area (Å²) < 4.78 is 5.55. The van der Waals surface area contributed by atoms with Crippen molar-refractivity contribution in [1.82, 2.24) is 0 Å². The van der Waals surface area contributed by atoms with Crippen LogP contribution in [0.25, 0.3) is 0 Å². The average Bonchev–Trinajstić information content (AvgIpc) is 2.84. The number of Topliss-reactive ketones (excluding diaryl/α,β-unsaturated/α-hetero) is 3. The molecule has 5 nitrogen and oxygen atoms in total. The van der Waals surface area contributed by atoms with Crippen LogP contribution in [0.5, 0.6) is 5.75 Å². The summed E-state index contributed by atoms with van der Waals surface area (Å²) in [4.78, 5) is 40.8. The molecular weight excluding hydrogens is 428 g/mol. The molecule has 0 spiro atoms. The summed E-state index contributed by atoms with van der Waals surface area (Å²) in [6.45, 7) is 3.90. The predicted octanol–water partition coefficient (Wildman–Crippen LogP) is 4.89. The number of aliphatic hydroxyl groups is 1. The highest BCUT2D eigenvalue weighted by atomic mass is 16.5. The van der Waals surface area contributed by atoms with E-state index < -0.39 is 23.4 Å². The minimum absolute atomic E-state index is 0.271. The lowest BCUT2D eigenvalue weighted by atomic mass is 9.58. The molecule has 0 aromatic heterocycles. The molecule has 1 N–H and O–H groups in total. The molecule has 3 aromatic rings. The summed E-state index contributed by atoms with van der Waals surface area (Å²) in [5.41, 5.74) is -0.130. The first-order valence-corrected chi connectivity index (χ1v) is 11.5. The van der Waals surface area contributed by atoms with Gasteiger partial charge in [0, 0.05) is 23.5 Å². The van der Waals surface area contributed by atoms with E-state index in [1.54, 1.807) is 78.9 Å². The first kappa shape index (κ1) is 23.6. The van der Waals surface area contributed by atoms with Gasteiger partial charge in [0.25, 0.3) is 0 Å². The zero-order valence-corrected chi connectivity index (χ0v) is 19.3. The topological polar surface area (TPSA) is 80.7 Å². The zero-order valence-electron chi connectivity index (χ0n) is 19.3. The van der Waals surface area contributed by atoms with Gasteiger partial charge in [0.15, 0.2) is 11.6 Å². The molecule has 0 radical (unpaired) electrons. The lowest BCUT2D eigenvalue weighted by Gasteiger charge is -2.45. The lowest BCUT2D eigenvalue weighted by molar-refractivity contribution is -0.134. The number of carbonyl (C=O) groups is 3. The molecule has 0 amide bonds. The van der Waals surface area contributed by atoms with Gasteiger partial charge in [-0.3, -0.25) is 14.4 Å². The van der Waals surface area contributed by atoms with Crippen molar-refractivity contribution >= 4 is 17.3 Å². The van der Waals surface area contributed by atoms with Crippen LogP contribution in [-0.2, 0) is 4.79 Å². The fraction of sp³-hybridized carbons (Fsp3) is 0.276. The van der Waals surface area contributed by atoms with Crippen molar-refractivity contribution < 1.29 is 24.2 Å². The summed E-state index contributed by atoms with van der Waals surface area (Å²) in [5, 5.41) is 11.4. The Kier molecular flexibility index (Phi) is 6.75. The summed E-state index contributed by atoms with van der Waals surface area (Å²) in [6.07, 6.45) is -0.271. The number of benzene rings is 3. The Labute approximate surface area is 199 Å². The second kappa shape index (κ2) is 9.74. The standard InChI is InChI=1S/C29H28O5/c1-3-34-22-16-14-19(15-17-22)24-25(27(31)20-10-6-4-7-11-20)23(30)18-29(2,33)26(24)28(32)21-12-8-5-9-13-21/h4-17,24-26,33H,3,18H2,1-2H3. The maximum Gasteiger partial charge on any atom is 0.173 e. The van der Waals surface area contributed by atoms with Gasteiger partial charge in [0.1, 0.15) is 11.5 Å². The van der Waals surface area contributed by atoms with Gasteiger partial charge in [-0.15, -0.1) is 0 Å². The summed E-state index contributed by atoms with van der Waals surface area (Å²) >= 11 is 0. The van der Waals surface area contributed by atoms with Gasteiger partial charge in [-0.25, -0.2) is 0 Å². The molecule has 4 atom stereocenters. The largest absolute Gasteiger partial charge is 0.494 e. The van der Waals surface area contributed by atoms with E-state index in [2.05, 4.69) is 0 Å². The summed E-state index contributed by atoms with van der Waals surface area (Å²) in [5.74, 6) is -3.24. The number of ketones is 3. The van der Waals surface area contributed by atoms with E-state index in [0.717, 1.165) is 0 Å². The summed E-state index contributed by atoms with van der Waals surface area (Å²) in [6, 6.07) is 24.4. The molecule has 5 heteroatoms. The van der Waals surface area contributed by atoms with Crippen LogP contribution in [0.2, 0.25) is 0 Å². The molecule has 1 aliphatic rings. The number of rotatable bonds is 7. The SMILES string of the molecule is CCOc1ccc(C2C(C(=O)c3ccccc3)C(=O)CC(C)(O)C2C(=O)c2ccccc2)cc1. The fourth-order valence-electron chi connectivity index (χ4n) is 5.01. The molecule has 1 fully saturated rings. The van der Waals surface area contributed by atoms with Crippen LogP contribution in [0, 0.1) is 11.8 Å². The summed E-state index contributed by atoms with van der Waals surface area (Å²) in [7, 11) is 0. The molecule has 4 unspecified atom stereocenters. The first-order chi connectivity index (χ1) is 16.3. The Morgan fingerprint density at radius 3 is 1.94 bits per heavy atom. The molecule has 0 saturated heterocycles. The first-order valence-electron chi connectivity index (χ1n) is 11.5. The van der Waals surface area contributed by atoms with Gasteiger partial charge in [-0.05, 0) is 31.5 Å². The number of ether oxygens (including phenoxy) is 1. The highest BCUT2D eigenvalue weighted by Gasteiger charge is 2.55. The van der Waals surface area contributed by atoms with Crippen LogP contribution in [0.3, 0.4) is 0 Å². The molecule has 1 aliphatic carbocycles. The Balaban J connectivity index is 1.86. The molecule has 34 heavy (non-hydrogen) atoms. The number of carbonyl (C=O) groups excluding carboxylic acids is 3. The van der Waals surface area contributed by atoms with E-state index in [-0.39, 0.29) is 23.8 Å². The van der Waals surface area contributed by atoms with Crippen molar-refractivity contribution in [3.63, 3.8) is 0 Å². The molecule has 4 rings (SSSR count). The quantitative estimate of drug-likeness (QED) is 0.404. The molecule has 1 saturated carbocycles. The lowest BCUT2D eigenvalue weighted by Crippen LogP contribution is -2.54. The second-order valence-electron chi connectivity index (χ2n) is 8.94. The molecule has 0 bridgehead atoms. The fourth-order valence-corrected chi connectivity index (χ4v) is 5.01. The Morgan fingerprint density at radius 2 is 1.41 bits per heavy atom. The van der Waals surface area contributed by atoms with E-state index in [4.69, 9.17) is 4.74 Å². The Hall–Kier alpha value is -3.57. The minimum atomic E-state index is -1.61. The van der Waals surface area contributed by atoms with E-state index in [9.17, 15) is 19.5 Å². The molecule has 0 heterocycles. The van der Waals surface area contributed by atoms with E-state index in [0.29, 0.717) is 29.0 Å². The van der Waals surface area contributed by atoms with Crippen LogP contribution >= 0.6 is 0 Å².